The zero-order chi connectivity index (χ0) is 20.1. The minimum absolute atomic E-state index is 0.0942. The molecule has 0 aliphatic carbocycles. The van der Waals surface area contributed by atoms with Crippen LogP contribution < -0.4 is 10.6 Å². The highest BCUT2D eigenvalue weighted by molar-refractivity contribution is 6.31. The molecular weight excluding hydrogens is 368 g/mol. The Morgan fingerprint density at radius 1 is 0.929 bits per heavy atom. The predicted molar refractivity (Wildman–Crippen MR) is 117 cm³/mol. The topological polar surface area (TPSA) is 41.1 Å². The van der Waals surface area contributed by atoms with Gasteiger partial charge >= 0.3 is 0 Å². The zero-order valence-corrected chi connectivity index (χ0v) is 17.1. The second kappa shape index (κ2) is 9.05. The van der Waals surface area contributed by atoms with Crippen LogP contribution in [0.15, 0.2) is 72.8 Å². The van der Waals surface area contributed by atoms with Gasteiger partial charge in [0, 0.05) is 16.8 Å². The first-order valence-electron chi connectivity index (χ1n) is 9.39. The van der Waals surface area contributed by atoms with Crippen molar-refractivity contribution in [1.29, 1.82) is 0 Å². The maximum atomic E-state index is 13.2. The van der Waals surface area contributed by atoms with E-state index in [-0.39, 0.29) is 11.9 Å². The highest BCUT2D eigenvalue weighted by Gasteiger charge is 2.24. The fraction of sp³-hybridized carbons (Fsp3) is 0.208. The second-order valence-corrected chi connectivity index (χ2v) is 7.47. The Balaban J connectivity index is 1.88. The van der Waals surface area contributed by atoms with Crippen LogP contribution in [0.5, 0.6) is 0 Å². The highest BCUT2D eigenvalue weighted by Crippen LogP contribution is 2.26. The summed E-state index contributed by atoms with van der Waals surface area (Å²) in [6.07, 6.45) is 0. The molecule has 2 N–H and O–H groups in total. The van der Waals surface area contributed by atoms with Gasteiger partial charge in [-0.25, -0.2) is 0 Å². The van der Waals surface area contributed by atoms with Crippen LogP contribution in [0.4, 0.5) is 5.69 Å². The third-order valence-electron chi connectivity index (χ3n) is 4.83. The largest absolute Gasteiger partial charge is 0.324 e. The lowest BCUT2D eigenvalue weighted by Crippen LogP contribution is -2.35. The number of aryl methyl sites for hydroxylation is 2. The van der Waals surface area contributed by atoms with Gasteiger partial charge in [-0.05, 0) is 55.2 Å². The number of hydrogen-bond acceptors (Lipinski definition) is 2. The van der Waals surface area contributed by atoms with Gasteiger partial charge in [-0.3, -0.25) is 10.1 Å². The number of anilines is 1. The van der Waals surface area contributed by atoms with E-state index in [4.69, 9.17) is 11.6 Å². The van der Waals surface area contributed by atoms with E-state index in [1.54, 1.807) is 0 Å². The summed E-state index contributed by atoms with van der Waals surface area (Å²) < 4.78 is 0. The summed E-state index contributed by atoms with van der Waals surface area (Å²) in [7, 11) is 0. The van der Waals surface area contributed by atoms with Crippen LogP contribution in [0.2, 0.25) is 5.02 Å². The molecule has 2 unspecified atom stereocenters. The van der Waals surface area contributed by atoms with Gasteiger partial charge in [-0.1, -0.05) is 72.3 Å². The average Bonchev–Trinajstić information content (AvgIpc) is 2.69. The van der Waals surface area contributed by atoms with E-state index in [0.29, 0.717) is 5.02 Å². The average molecular weight is 393 g/mol. The van der Waals surface area contributed by atoms with Crippen LogP contribution in [0.25, 0.3) is 0 Å². The number of rotatable bonds is 6. The van der Waals surface area contributed by atoms with Gasteiger partial charge in [0.25, 0.3) is 0 Å². The molecule has 0 heterocycles. The quantitative estimate of drug-likeness (QED) is 0.541. The van der Waals surface area contributed by atoms with Crippen molar-refractivity contribution >= 4 is 23.2 Å². The van der Waals surface area contributed by atoms with Crippen LogP contribution >= 0.6 is 11.6 Å². The summed E-state index contributed by atoms with van der Waals surface area (Å²) in [5, 5.41) is 7.22. The summed E-state index contributed by atoms with van der Waals surface area (Å²) in [6.45, 7) is 6.02. The molecule has 0 aliphatic heterocycles. The van der Waals surface area contributed by atoms with E-state index in [1.165, 1.54) is 0 Å². The van der Waals surface area contributed by atoms with Gasteiger partial charge in [-0.2, -0.15) is 0 Å². The lowest BCUT2D eigenvalue weighted by atomic mass is 10.0. The minimum atomic E-state index is -0.507. The summed E-state index contributed by atoms with van der Waals surface area (Å²) in [5.74, 6) is -0.0983. The summed E-state index contributed by atoms with van der Waals surface area (Å²) in [4.78, 5) is 13.2. The Labute approximate surface area is 171 Å². The number of carbonyl (C=O) groups excluding carboxylic acids is 1. The normalized spacial score (nSPS) is 13.0. The molecule has 1 amide bonds. The number of carbonyl (C=O) groups is 1. The van der Waals surface area contributed by atoms with Gasteiger partial charge in [0.2, 0.25) is 5.91 Å². The maximum absolute atomic E-state index is 13.2. The molecule has 0 spiro atoms. The van der Waals surface area contributed by atoms with Crippen LogP contribution in [-0.4, -0.2) is 5.91 Å². The lowest BCUT2D eigenvalue weighted by Gasteiger charge is -2.24. The second-order valence-electron chi connectivity index (χ2n) is 7.06. The first kappa shape index (κ1) is 20.1. The van der Waals surface area contributed by atoms with Gasteiger partial charge in [0.05, 0.1) is 0 Å². The highest BCUT2D eigenvalue weighted by atomic mass is 35.5. The number of benzene rings is 3. The van der Waals surface area contributed by atoms with E-state index in [9.17, 15) is 4.79 Å². The Morgan fingerprint density at radius 3 is 2.32 bits per heavy atom. The number of halogens is 1. The molecule has 0 aliphatic rings. The molecular formula is C24H25ClN2O. The molecule has 0 saturated heterocycles. The van der Waals surface area contributed by atoms with E-state index in [0.717, 1.165) is 27.9 Å². The first-order valence-corrected chi connectivity index (χ1v) is 9.77. The third-order valence-corrected chi connectivity index (χ3v) is 5.18. The first-order chi connectivity index (χ1) is 13.5. The fourth-order valence-electron chi connectivity index (χ4n) is 3.21. The maximum Gasteiger partial charge on any atom is 0.246 e. The molecule has 0 radical (unpaired) electrons. The SMILES string of the molecule is Cc1ccc(C)c(NC(=O)C(NC(C)c2ccccc2Cl)c2ccccc2)c1. The van der Waals surface area contributed by atoms with Gasteiger partial charge in [0.1, 0.15) is 6.04 Å². The van der Waals surface area contributed by atoms with Crippen LogP contribution in [0.3, 0.4) is 0 Å². The van der Waals surface area contributed by atoms with Crippen molar-refractivity contribution in [2.75, 3.05) is 5.32 Å². The predicted octanol–water partition coefficient (Wildman–Crippen LogP) is 5.99. The fourth-order valence-corrected chi connectivity index (χ4v) is 3.51. The molecule has 2 atom stereocenters. The van der Waals surface area contributed by atoms with Gasteiger partial charge in [-0.15, -0.1) is 0 Å². The van der Waals surface area contributed by atoms with Crippen molar-refractivity contribution in [3.05, 3.63) is 100 Å². The van der Waals surface area contributed by atoms with Crippen LogP contribution in [-0.2, 0) is 4.79 Å². The monoisotopic (exact) mass is 392 g/mol. The van der Waals surface area contributed by atoms with Crippen molar-refractivity contribution < 1.29 is 4.79 Å². The summed E-state index contributed by atoms with van der Waals surface area (Å²) in [5.41, 5.74) is 4.84. The van der Waals surface area contributed by atoms with E-state index in [1.807, 2.05) is 93.6 Å². The number of amides is 1. The Kier molecular flexibility index (Phi) is 6.50. The van der Waals surface area contributed by atoms with Crippen molar-refractivity contribution in [3.63, 3.8) is 0 Å². The van der Waals surface area contributed by atoms with Crippen LogP contribution in [0, 0.1) is 13.8 Å². The standard InChI is InChI=1S/C24H25ClN2O/c1-16-13-14-17(2)22(15-16)27-24(28)23(19-9-5-4-6-10-19)26-18(3)20-11-7-8-12-21(20)25/h4-15,18,23,26H,1-3H3,(H,27,28). The Bertz CT molecular complexity index is 956. The molecule has 0 saturated carbocycles. The molecule has 3 aromatic carbocycles. The third kappa shape index (κ3) is 4.80. The smallest absolute Gasteiger partial charge is 0.246 e. The van der Waals surface area contributed by atoms with Gasteiger partial charge < -0.3 is 5.32 Å². The molecule has 3 nitrogen and oxygen atoms in total. The van der Waals surface area contributed by atoms with Crippen molar-refractivity contribution in [2.45, 2.75) is 32.9 Å². The van der Waals surface area contributed by atoms with E-state index >= 15 is 0 Å². The number of nitrogens with one attached hydrogen (secondary N) is 2. The van der Waals surface area contributed by atoms with E-state index < -0.39 is 6.04 Å². The molecule has 3 rings (SSSR count). The molecule has 3 aromatic rings. The minimum Gasteiger partial charge on any atom is -0.324 e. The zero-order valence-electron chi connectivity index (χ0n) is 16.4. The molecule has 0 bridgehead atoms. The van der Waals surface area contributed by atoms with Crippen molar-refractivity contribution in [2.24, 2.45) is 0 Å². The van der Waals surface area contributed by atoms with Crippen molar-refractivity contribution in [3.8, 4) is 0 Å². The van der Waals surface area contributed by atoms with Crippen LogP contribution in [0.1, 0.15) is 41.3 Å². The molecule has 28 heavy (non-hydrogen) atoms. The Hall–Kier alpha value is -2.62. The summed E-state index contributed by atoms with van der Waals surface area (Å²) in [6, 6.07) is 22.9. The van der Waals surface area contributed by atoms with Gasteiger partial charge in [0.15, 0.2) is 0 Å². The Morgan fingerprint density at radius 2 is 1.61 bits per heavy atom. The molecule has 4 heteroatoms. The molecule has 0 fully saturated rings. The van der Waals surface area contributed by atoms with E-state index in [2.05, 4.69) is 10.6 Å². The molecule has 0 aromatic heterocycles. The lowest BCUT2D eigenvalue weighted by molar-refractivity contribution is -0.118. The van der Waals surface area contributed by atoms with Crippen molar-refractivity contribution in [1.82, 2.24) is 5.32 Å². The number of hydrogen-bond donors (Lipinski definition) is 2. The summed E-state index contributed by atoms with van der Waals surface area (Å²) >= 11 is 6.36. The molecule has 144 valence electrons.